The minimum absolute atomic E-state index is 0.114. The highest BCUT2D eigenvalue weighted by atomic mass is 16.2. The molecule has 0 spiro atoms. The number of nitrogen functional groups attached to an aromatic ring is 1. The smallest absolute Gasteiger partial charge is 0.255 e. The summed E-state index contributed by atoms with van der Waals surface area (Å²) in [6.07, 6.45) is 0. The van der Waals surface area contributed by atoms with E-state index >= 15 is 0 Å². The van der Waals surface area contributed by atoms with E-state index in [0.717, 1.165) is 16.8 Å². The zero-order chi connectivity index (χ0) is 28.5. The summed E-state index contributed by atoms with van der Waals surface area (Å²) >= 11 is 0. The third kappa shape index (κ3) is 7.48. The average molecular weight is 536 g/mol. The van der Waals surface area contributed by atoms with Crippen LogP contribution in [-0.2, 0) is 17.9 Å². The SMILES string of the molecule is CN(C)c1ccc(C(=O)N(CC(=O)NCc2ccccc2)Cc2ccc(C(=O)Nc3ccccc3N)cc2)cc1. The lowest BCUT2D eigenvalue weighted by Crippen LogP contribution is -2.40. The van der Waals surface area contributed by atoms with E-state index in [1.807, 2.05) is 61.5 Å². The van der Waals surface area contributed by atoms with Crippen LogP contribution in [0.5, 0.6) is 0 Å². The van der Waals surface area contributed by atoms with Gasteiger partial charge in [-0.3, -0.25) is 14.4 Å². The fraction of sp³-hybridized carbons (Fsp3) is 0.156. The normalized spacial score (nSPS) is 10.4. The van der Waals surface area contributed by atoms with Crippen molar-refractivity contribution in [1.82, 2.24) is 10.2 Å². The van der Waals surface area contributed by atoms with Crippen LogP contribution in [0, 0.1) is 0 Å². The second-order valence-electron chi connectivity index (χ2n) is 9.60. The van der Waals surface area contributed by atoms with E-state index in [0.29, 0.717) is 29.0 Å². The van der Waals surface area contributed by atoms with Gasteiger partial charge in [0.15, 0.2) is 0 Å². The molecule has 4 rings (SSSR count). The predicted molar refractivity (Wildman–Crippen MR) is 159 cm³/mol. The zero-order valence-corrected chi connectivity index (χ0v) is 22.6. The van der Waals surface area contributed by atoms with Gasteiger partial charge in [-0.05, 0) is 59.7 Å². The lowest BCUT2D eigenvalue weighted by Gasteiger charge is -2.23. The number of rotatable bonds is 10. The van der Waals surface area contributed by atoms with Crippen molar-refractivity contribution >= 4 is 34.8 Å². The second-order valence-corrected chi connectivity index (χ2v) is 9.60. The van der Waals surface area contributed by atoms with Crippen molar-refractivity contribution in [2.45, 2.75) is 13.1 Å². The molecule has 204 valence electrons. The fourth-order valence-corrected chi connectivity index (χ4v) is 4.10. The van der Waals surface area contributed by atoms with E-state index in [9.17, 15) is 14.4 Å². The Morgan fingerprint density at radius 2 is 1.35 bits per heavy atom. The summed E-state index contributed by atoms with van der Waals surface area (Å²) in [7, 11) is 3.86. The highest BCUT2D eigenvalue weighted by molar-refractivity contribution is 6.05. The first-order valence-corrected chi connectivity index (χ1v) is 12.9. The summed E-state index contributed by atoms with van der Waals surface area (Å²) in [6.45, 7) is 0.451. The molecule has 0 aliphatic heterocycles. The Kier molecular flexibility index (Phi) is 9.15. The quantitative estimate of drug-likeness (QED) is 0.258. The number of amides is 3. The predicted octanol–water partition coefficient (Wildman–Crippen LogP) is 4.55. The van der Waals surface area contributed by atoms with Gasteiger partial charge in [0.2, 0.25) is 5.91 Å². The zero-order valence-electron chi connectivity index (χ0n) is 22.6. The Balaban J connectivity index is 1.48. The number of nitrogens with zero attached hydrogens (tertiary/aromatic N) is 2. The number of hydrogen-bond acceptors (Lipinski definition) is 5. The van der Waals surface area contributed by atoms with Gasteiger partial charge < -0.3 is 26.2 Å². The Labute approximate surface area is 234 Å². The van der Waals surface area contributed by atoms with Gasteiger partial charge >= 0.3 is 0 Å². The fourth-order valence-electron chi connectivity index (χ4n) is 4.10. The van der Waals surface area contributed by atoms with Crippen molar-refractivity contribution in [2.75, 3.05) is 36.6 Å². The van der Waals surface area contributed by atoms with Gasteiger partial charge in [-0.2, -0.15) is 0 Å². The van der Waals surface area contributed by atoms with Gasteiger partial charge in [0.1, 0.15) is 6.54 Å². The third-order valence-corrected chi connectivity index (χ3v) is 6.38. The summed E-state index contributed by atoms with van der Waals surface area (Å²) in [5.74, 6) is -0.821. The monoisotopic (exact) mass is 535 g/mol. The molecule has 0 heterocycles. The Morgan fingerprint density at radius 1 is 0.725 bits per heavy atom. The Bertz CT molecular complexity index is 1450. The van der Waals surface area contributed by atoms with Gasteiger partial charge in [-0.15, -0.1) is 0 Å². The van der Waals surface area contributed by atoms with Crippen molar-refractivity contribution in [1.29, 1.82) is 0 Å². The van der Waals surface area contributed by atoms with Crippen LogP contribution in [0.15, 0.2) is 103 Å². The molecule has 0 radical (unpaired) electrons. The molecule has 0 aliphatic carbocycles. The molecule has 40 heavy (non-hydrogen) atoms. The summed E-state index contributed by atoms with van der Waals surface area (Å²) < 4.78 is 0. The van der Waals surface area contributed by atoms with E-state index in [-0.39, 0.29) is 30.8 Å². The van der Waals surface area contributed by atoms with Gasteiger partial charge in [0.05, 0.1) is 11.4 Å². The molecule has 0 saturated carbocycles. The van der Waals surface area contributed by atoms with Gasteiger partial charge in [-0.1, -0.05) is 54.6 Å². The summed E-state index contributed by atoms with van der Waals surface area (Å²) in [6, 6.07) is 30.8. The lowest BCUT2D eigenvalue weighted by molar-refractivity contribution is -0.122. The number of benzene rings is 4. The molecule has 4 aromatic rings. The van der Waals surface area contributed by atoms with Crippen LogP contribution in [0.3, 0.4) is 0 Å². The first kappa shape index (κ1) is 27.9. The second kappa shape index (κ2) is 13.1. The van der Waals surface area contributed by atoms with Crippen LogP contribution in [0.2, 0.25) is 0 Å². The van der Waals surface area contributed by atoms with Crippen molar-refractivity contribution in [2.24, 2.45) is 0 Å². The van der Waals surface area contributed by atoms with Crippen molar-refractivity contribution in [3.05, 3.63) is 125 Å². The topological polar surface area (TPSA) is 108 Å². The maximum atomic E-state index is 13.5. The molecule has 0 bridgehead atoms. The molecule has 0 saturated heterocycles. The molecule has 4 N–H and O–H groups in total. The van der Waals surface area contributed by atoms with Gasteiger partial charge in [-0.25, -0.2) is 0 Å². The molecular formula is C32H33N5O3. The standard InChI is InChI=1S/C32H33N5O3/c1-36(2)27-18-16-26(17-19-27)32(40)37(22-30(38)34-20-23-8-4-3-5-9-23)21-24-12-14-25(15-13-24)31(39)35-29-11-7-6-10-28(29)33/h3-19H,20-22,33H2,1-2H3,(H,34,38)(H,35,39). The van der Waals surface area contributed by atoms with E-state index in [1.54, 1.807) is 60.7 Å². The van der Waals surface area contributed by atoms with Crippen LogP contribution in [0.1, 0.15) is 31.8 Å². The number of nitrogens with two attached hydrogens (primary N) is 1. The number of anilines is 3. The number of para-hydroxylation sites is 2. The van der Waals surface area contributed by atoms with Crippen LogP contribution in [-0.4, -0.2) is 43.3 Å². The molecule has 0 atom stereocenters. The molecule has 8 heteroatoms. The molecule has 0 aromatic heterocycles. The van der Waals surface area contributed by atoms with Crippen molar-refractivity contribution < 1.29 is 14.4 Å². The molecule has 0 fully saturated rings. The van der Waals surface area contributed by atoms with Crippen LogP contribution in [0.4, 0.5) is 17.1 Å². The van der Waals surface area contributed by atoms with Crippen molar-refractivity contribution in [3.8, 4) is 0 Å². The van der Waals surface area contributed by atoms with E-state index in [1.165, 1.54) is 4.90 Å². The first-order chi connectivity index (χ1) is 19.3. The summed E-state index contributed by atoms with van der Waals surface area (Å²) in [5, 5.41) is 5.70. The number of carbonyl (C=O) groups excluding carboxylic acids is 3. The lowest BCUT2D eigenvalue weighted by atomic mass is 10.1. The Hall–Kier alpha value is -5.11. The minimum Gasteiger partial charge on any atom is -0.397 e. The molecule has 8 nitrogen and oxygen atoms in total. The first-order valence-electron chi connectivity index (χ1n) is 12.9. The summed E-state index contributed by atoms with van der Waals surface area (Å²) in [4.78, 5) is 42.5. The van der Waals surface area contributed by atoms with Gasteiger partial charge in [0, 0.05) is 44.0 Å². The number of hydrogen-bond donors (Lipinski definition) is 3. The van der Waals surface area contributed by atoms with Crippen LogP contribution in [0.25, 0.3) is 0 Å². The molecule has 3 amide bonds. The largest absolute Gasteiger partial charge is 0.397 e. The summed E-state index contributed by atoms with van der Waals surface area (Å²) in [5.41, 5.74) is 10.6. The highest BCUT2D eigenvalue weighted by Crippen LogP contribution is 2.19. The average Bonchev–Trinajstić information content (AvgIpc) is 2.97. The molecule has 0 unspecified atom stereocenters. The maximum Gasteiger partial charge on any atom is 0.255 e. The highest BCUT2D eigenvalue weighted by Gasteiger charge is 2.20. The number of carbonyl (C=O) groups is 3. The number of nitrogens with one attached hydrogen (secondary N) is 2. The van der Waals surface area contributed by atoms with Gasteiger partial charge in [0.25, 0.3) is 11.8 Å². The van der Waals surface area contributed by atoms with E-state index in [2.05, 4.69) is 10.6 Å². The van der Waals surface area contributed by atoms with Crippen LogP contribution < -0.4 is 21.3 Å². The third-order valence-electron chi connectivity index (χ3n) is 6.38. The van der Waals surface area contributed by atoms with Crippen molar-refractivity contribution in [3.63, 3.8) is 0 Å². The molecular weight excluding hydrogens is 502 g/mol. The molecule has 4 aromatic carbocycles. The van der Waals surface area contributed by atoms with E-state index < -0.39 is 0 Å². The minimum atomic E-state index is -0.293. The Morgan fingerprint density at radius 3 is 2.00 bits per heavy atom. The van der Waals surface area contributed by atoms with E-state index in [4.69, 9.17) is 5.73 Å². The van der Waals surface area contributed by atoms with Crippen LogP contribution >= 0.6 is 0 Å². The maximum absolute atomic E-state index is 13.5. The molecule has 0 aliphatic rings.